The lowest BCUT2D eigenvalue weighted by atomic mass is 10.1. The molecule has 0 aromatic heterocycles. The molecule has 0 N–H and O–H groups in total. The van der Waals surface area contributed by atoms with Crippen LogP contribution in [0.3, 0.4) is 0 Å². The molecule has 2 aromatic carbocycles. The van der Waals surface area contributed by atoms with Crippen molar-refractivity contribution in [3.8, 4) is 0 Å². The molecule has 2 rings (SSSR count). The van der Waals surface area contributed by atoms with Crippen molar-refractivity contribution in [2.75, 3.05) is 0 Å². The topological polar surface area (TPSA) is 71.1 Å². The van der Waals surface area contributed by atoms with Crippen molar-refractivity contribution in [2.45, 2.75) is 34.0 Å². The smallest absolute Gasteiger partial charge is 0.290 e. The SMILES string of the molecule is Cc1ccccc1C(=O)OOC(OOC(=O)c1ccccc1C)C(C)C. The summed E-state index contributed by atoms with van der Waals surface area (Å²) in [5.74, 6) is -1.53. The van der Waals surface area contributed by atoms with Gasteiger partial charge in [0.15, 0.2) is 0 Å². The lowest BCUT2D eigenvalue weighted by Crippen LogP contribution is -2.27. The van der Waals surface area contributed by atoms with Gasteiger partial charge in [0.2, 0.25) is 6.29 Å². The van der Waals surface area contributed by atoms with Gasteiger partial charge in [0.05, 0.1) is 11.1 Å². The Morgan fingerprint density at radius 2 is 1.12 bits per heavy atom. The molecular formula is C20H22O6. The second-order valence-corrected chi connectivity index (χ2v) is 6.18. The van der Waals surface area contributed by atoms with Crippen molar-refractivity contribution in [3.63, 3.8) is 0 Å². The van der Waals surface area contributed by atoms with Crippen LogP contribution in [-0.2, 0) is 19.6 Å². The van der Waals surface area contributed by atoms with E-state index in [-0.39, 0.29) is 5.92 Å². The highest BCUT2D eigenvalue weighted by atomic mass is 17.3. The first-order valence-electron chi connectivity index (χ1n) is 8.26. The van der Waals surface area contributed by atoms with Gasteiger partial charge >= 0.3 is 11.9 Å². The average molecular weight is 358 g/mol. The summed E-state index contributed by atoms with van der Waals surface area (Å²) < 4.78 is 0. The second kappa shape index (κ2) is 9.12. The van der Waals surface area contributed by atoms with Crippen LogP contribution in [0.2, 0.25) is 0 Å². The Hall–Kier alpha value is -2.70. The second-order valence-electron chi connectivity index (χ2n) is 6.18. The van der Waals surface area contributed by atoms with Crippen molar-refractivity contribution in [1.29, 1.82) is 0 Å². The largest absolute Gasteiger partial charge is 0.373 e. The van der Waals surface area contributed by atoms with Crippen LogP contribution in [0.25, 0.3) is 0 Å². The Bertz CT molecular complexity index is 707. The van der Waals surface area contributed by atoms with Crippen molar-refractivity contribution in [2.24, 2.45) is 5.92 Å². The number of carbonyl (C=O) groups is 2. The number of hydrogen-bond donors (Lipinski definition) is 0. The van der Waals surface area contributed by atoms with Gasteiger partial charge in [0.1, 0.15) is 0 Å². The van der Waals surface area contributed by atoms with Gasteiger partial charge in [-0.05, 0) is 37.1 Å². The standard InChI is InChI=1S/C20H22O6/c1-13(2)20(25-23-18(21)16-11-7-5-9-14(16)3)26-24-19(22)17-12-8-6-10-15(17)4/h5-13,20H,1-4H3. The maximum Gasteiger partial charge on any atom is 0.373 e. The molecule has 0 spiro atoms. The Labute approximate surface area is 152 Å². The third kappa shape index (κ3) is 5.15. The van der Waals surface area contributed by atoms with Gasteiger partial charge < -0.3 is 0 Å². The van der Waals surface area contributed by atoms with E-state index in [1.807, 2.05) is 12.1 Å². The van der Waals surface area contributed by atoms with Gasteiger partial charge in [-0.15, -0.1) is 9.78 Å². The molecule has 0 unspecified atom stereocenters. The molecule has 0 heterocycles. The van der Waals surface area contributed by atoms with Crippen molar-refractivity contribution < 1.29 is 29.1 Å². The quantitative estimate of drug-likeness (QED) is 0.420. The van der Waals surface area contributed by atoms with E-state index in [2.05, 4.69) is 0 Å². The molecule has 6 nitrogen and oxygen atoms in total. The molecule has 0 aliphatic heterocycles. The van der Waals surface area contributed by atoms with Crippen LogP contribution >= 0.6 is 0 Å². The zero-order chi connectivity index (χ0) is 19.1. The van der Waals surface area contributed by atoms with Crippen LogP contribution in [0, 0.1) is 19.8 Å². The minimum absolute atomic E-state index is 0.232. The lowest BCUT2D eigenvalue weighted by Gasteiger charge is -2.18. The predicted molar refractivity (Wildman–Crippen MR) is 94.0 cm³/mol. The minimum atomic E-state index is -1.06. The number of aryl methyl sites for hydroxylation is 2. The van der Waals surface area contributed by atoms with Gasteiger partial charge in [-0.1, -0.05) is 50.2 Å². The average Bonchev–Trinajstić information content (AvgIpc) is 2.61. The van der Waals surface area contributed by atoms with Crippen LogP contribution < -0.4 is 0 Å². The van der Waals surface area contributed by atoms with E-state index in [0.717, 1.165) is 11.1 Å². The summed E-state index contributed by atoms with van der Waals surface area (Å²) in [5, 5.41) is 0. The van der Waals surface area contributed by atoms with Gasteiger partial charge in [0.25, 0.3) is 0 Å². The zero-order valence-electron chi connectivity index (χ0n) is 15.2. The Kier molecular flexibility index (Phi) is 6.89. The predicted octanol–water partition coefficient (Wildman–Crippen LogP) is 4.16. The fourth-order valence-corrected chi connectivity index (χ4v) is 2.11. The summed E-state index contributed by atoms with van der Waals surface area (Å²) in [5.41, 5.74) is 2.28. The molecule has 2 aromatic rings. The molecule has 0 amide bonds. The molecular weight excluding hydrogens is 336 g/mol. The van der Waals surface area contributed by atoms with E-state index in [0.29, 0.717) is 11.1 Å². The summed E-state index contributed by atoms with van der Waals surface area (Å²) in [6.07, 6.45) is -1.06. The van der Waals surface area contributed by atoms with Crippen LogP contribution in [0.1, 0.15) is 45.7 Å². The Balaban J connectivity index is 1.93. The van der Waals surface area contributed by atoms with Gasteiger partial charge in [0, 0.05) is 5.92 Å². The monoisotopic (exact) mass is 358 g/mol. The molecule has 6 heteroatoms. The first kappa shape index (κ1) is 19.6. The van der Waals surface area contributed by atoms with E-state index in [9.17, 15) is 9.59 Å². The molecule has 0 saturated carbocycles. The number of hydrogen-bond acceptors (Lipinski definition) is 6. The number of carbonyl (C=O) groups excluding carboxylic acids is 2. The molecule has 0 radical (unpaired) electrons. The van der Waals surface area contributed by atoms with Gasteiger partial charge in [-0.25, -0.2) is 9.59 Å². The molecule has 0 aliphatic rings. The maximum atomic E-state index is 12.1. The fraction of sp³-hybridized carbons (Fsp3) is 0.300. The van der Waals surface area contributed by atoms with Crippen LogP contribution in [0.5, 0.6) is 0 Å². The highest BCUT2D eigenvalue weighted by Gasteiger charge is 2.23. The Morgan fingerprint density at radius 1 is 0.731 bits per heavy atom. The first-order chi connectivity index (χ1) is 12.4. The van der Waals surface area contributed by atoms with E-state index in [1.54, 1.807) is 64.1 Å². The molecule has 138 valence electrons. The number of rotatable bonds is 7. The molecule has 0 saturated heterocycles. The molecule has 26 heavy (non-hydrogen) atoms. The summed E-state index contributed by atoms with van der Waals surface area (Å²) in [6, 6.07) is 13.9. The minimum Gasteiger partial charge on any atom is -0.290 e. The zero-order valence-corrected chi connectivity index (χ0v) is 15.2. The van der Waals surface area contributed by atoms with E-state index >= 15 is 0 Å². The summed E-state index contributed by atoms with van der Waals surface area (Å²) >= 11 is 0. The fourth-order valence-electron chi connectivity index (χ4n) is 2.11. The summed E-state index contributed by atoms with van der Waals surface area (Å²) in [4.78, 5) is 43.9. The third-order valence-corrected chi connectivity index (χ3v) is 3.71. The summed E-state index contributed by atoms with van der Waals surface area (Å²) in [6.45, 7) is 7.12. The van der Waals surface area contributed by atoms with E-state index in [4.69, 9.17) is 19.6 Å². The van der Waals surface area contributed by atoms with Crippen LogP contribution in [-0.4, -0.2) is 18.2 Å². The third-order valence-electron chi connectivity index (χ3n) is 3.71. The molecule has 0 bridgehead atoms. The van der Waals surface area contributed by atoms with E-state index < -0.39 is 18.2 Å². The number of benzene rings is 2. The first-order valence-corrected chi connectivity index (χ1v) is 8.26. The van der Waals surface area contributed by atoms with Crippen LogP contribution in [0.15, 0.2) is 48.5 Å². The molecule has 0 fully saturated rings. The van der Waals surface area contributed by atoms with Gasteiger partial charge in [-0.2, -0.15) is 0 Å². The van der Waals surface area contributed by atoms with Crippen molar-refractivity contribution >= 4 is 11.9 Å². The van der Waals surface area contributed by atoms with Crippen LogP contribution in [0.4, 0.5) is 0 Å². The highest BCUT2D eigenvalue weighted by molar-refractivity contribution is 5.91. The lowest BCUT2D eigenvalue weighted by molar-refractivity contribution is -0.430. The molecule has 0 atom stereocenters. The highest BCUT2D eigenvalue weighted by Crippen LogP contribution is 2.15. The maximum absolute atomic E-state index is 12.1. The normalized spacial score (nSPS) is 10.8. The van der Waals surface area contributed by atoms with E-state index in [1.165, 1.54) is 0 Å². The van der Waals surface area contributed by atoms with Gasteiger partial charge in [-0.3, -0.25) is 9.78 Å². The Morgan fingerprint density at radius 3 is 1.46 bits per heavy atom. The van der Waals surface area contributed by atoms with Crippen molar-refractivity contribution in [3.05, 3.63) is 70.8 Å². The van der Waals surface area contributed by atoms with Crippen molar-refractivity contribution in [1.82, 2.24) is 0 Å². The summed E-state index contributed by atoms with van der Waals surface area (Å²) in [7, 11) is 0. The molecule has 0 aliphatic carbocycles.